The van der Waals surface area contributed by atoms with Gasteiger partial charge in [-0.1, -0.05) is 12.1 Å². The van der Waals surface area contributed by atoms with Crippen LogP contribution in [0, 0.1) is 0 Å². The van der Waals surface area contributed by atoms with Gasteiger partial charge < -0.3 is 9.32 Å². The second-order valence-corrected chi connectivity index (χ2v) is 4.46. The summed E-state index contributed by atoms with van der Waals surface area (Å²) in [4.78, 5) is 2.09. The normalized spacial score (nSPS) is 11.4. The van der Waals surface area contributed by atoms with E-state index in [1.54, 1.807) is 0 Å². The van der Waals surface area contributed by atoms with Crippen LogP contribution < -0.4 is 0 Å². The van der Waals surface area contributed by atoms with E-state index in [0.29, 0.717) is 0 Å². The first-order valence-corrected chi connectivity index (χ1v) is 5.28. The van der Waals surface area contributed by atoms with E-state index in [-0.39, 0.29) is 0 Å². The number of benzene rings is 1. The Kier molecular flexibility index (Phi) is 2.61. The summed E-state index contributed by atoms with van der Waals surface area (Å²) in [6.07, 6.45) is 0. The largest absolute Gasteiger partial charge is 0.459 e. The summed E-state index contributed by atoms with van der Waals surface area (Å²) in [5.41, 5.74) is 0.935. The molecule has 14 heavy (non-hydrogen) atoms. The van der Waals surface area contributed by atoms with Crippen molar-refractivity contribution in [2.24, 2.45) is 0 Å². The maximum Gasteiger partial charge on any atom is 0.148 e. The summed E-state index contributed by atoms with van der Waals surface area (Å²) in [5, 5.41) is 1.15. The average Bonchev–Trinajstić information content (AvgIpc) is 2.47. The Morgan fingerprint density at radius 2 is 2.14 bits per heavy atom. The molecule has 0 fully saturated rings. The molecular formula is C11H12BrNO. The SMILES string of the molecule is CN(C)Cc1cc2cccc(Br)c2o1. The summed E-state index contributed by atoms with van der Waals surface area (Å²) in [6.45, 7) is 0.834. The van der Waals surface area contributed by atoms with Crippen LogP contribution in [0.25, 0.3) is 11.0 Å². The number of para-hydroxylation sites is 1. The van der Waals surface area contributed by atoms with Crippen LogP contribution in [0.3, 0.4) is 0 Å². The topological polar surface area (TPSA) is 16.4 Å². The predicted octanol–water partition coefficient (Wildman–Crippen LogP) is 3.26. The lowest BCUT2D eigenvalue weighted by atomic mass is 10.2. The van der Waals surface area contributed by atoms with Gasteiger partial charge in [-0.25, -0.2) is 0 Å². The van der Waals surface area contributed by atoms with Crippen molar-refractivity contribution in [1.29, 1.82) is 0 Å². The van der Waals surface area contributed by atoms with E-state index in [9.17, 15) is 0 Å². The minimum absolute atomic E-state index is 0.834. The molecule has 0 amide bonds. The molecule has 0 N–H and O–H groups in total. The van der Waals surface area contributed by atoms with Gasteiger partial charge in [-0.05, 0) is 42.2 Å². The Morgan fingerprint density at radius 1 is 1.36 bits per heavy atom. The first-order valence-electron chi connectivity index (χ1n) is 4.48. The van der Waals surface area contributed by atoms with Gasteiger partial charge in [0.05, 0.1) is 11.0 Å². The Morgan fingerprint density at radius 3 is 2.79 bits per heavy atom. The molecule has 0 spiro atoms. The van der Waals surface area contributed by atoms with E-state index in [4.69, 9.17) is 4.42 Å². The van der Waals surface area contributed by atoms with Crippen molar-refractivity contribution < 1.29 is 4.42 Å². The predicted molar refractivity (Wildman–Crippen MR) is 61.3 cm³/mol. The summed E-state index contributed by atoms with van der Waals surface area (Å²) < 4.78 is 6.73. The van der Waals surface area contributed by atoms with Crippen LogP contribution in [0.2, 0.25) is 0 Å². The van der Waals surface area contributed by atoms with Crippen molar-refractivity contribution in [1.82, 2.24) is 4.90 Å². The fraction of sp³-hybridized carbons (Fsp3) is 0.273. The first-order chi connectivity index (χ1) is 6.66. The molecule has 0 saturated heterocycles. The third-order valence-corrected chi connectivity index (χ3v) is 2.64. The molecule has 0 unspecified atom stereocenters. The van der Waals surface area contributed by atoms with Gasteiger partial charge >= 0.3 is 0 Å². The van der Waals surface area contributed by atoms with Crippen molar-refractivity contribution in [3.63, 3.8) is 0 Å². The number of nitrogens with zero attached hydrogens (tertiary/aromatic N) is 1. The van der Waals surface area contributed by atoms with Crippen LogP contribution in [0.1, 0.15) is 5.76 Å². The fourth-order valence-corrected chi connectivity index (χ4v) is 1.93. The van der Waals surface area contributed by atoms with Gasteiger partial charge in [0, 0.05) is 5.39 Å². The second-order valence-electron chi connectivity index (χ2n) is 3.61. The van der Waals surface area contributed by atoms with Crippen LogP contribution >= 0.6 is 15.9 Å². The highest BCUT2D eigenvalue weighted by Gasteiger charge is 2.06. The van der Waals surface area contributed by atoms with Gasteiger partial charge in [0.1, 0.15) is 11.3 Å². The van der Waals surface area contributed by atoms with Crippen molar-refractivity contribution in [3.8, 4) is 0 Å². The number of rotatable bonds is 2. The van der Waals surface area contributed by atoms with E-state index in [1.807, 2.05) is 26.2 Å². The molecule has 0 aliphatic carbocycles. The fourth-order valence-electron chi connectivity index (χ4n) is 1.47. The van der Waals surface area contributed by atoms with Gasteiger partial charge in [0.15, 0.2) is 0 Å². The van der Waals surface area contributed by atoms with Crippen LogP contribution in [0.5, 0.6) is 0 Å². The van der Waals surface area contributed by atoms with Crippen LogP contribution in [-0.2, 0) is 6.54 Å². The van der Waals surface area contributed by atoms with Gasteiger partial charge in [0.25, 0.3) is 0 Å². The van der Waals surface area contributed by atoms with Crippen molar-refractivity contribution in [3.05, 3.63) is 34.5 Å². The lowest BCUT2D eigenvalue weighted by molar-refractivity contribution is 0.358. The quantitative estimate of drug-likeness (QED) is 0.817. The van der Waals surface area contributed by atoms with E-state index < -0.39 is 0 Å². The van der Waals surface area contributed by atoms with Crippen molar-refractivity contribution in [2.75, 3.05) is 14.1 Å². The molecule has 0 bridgehead atoms. The van der Waals surface area contributed by atoms with Crippen LogP contribution in [0.4, 0.5) is 0 Å². The van der Waals surface area contributed by atoms with Gasteiger partial charge in [-0.2, -0.15) is 0 Å². The lowest BCUT2D eigenvalue weighted by Crippen LogP contribution is -2.09. The van der Waals surface area contributed by atoms with E-state index in [0.717, 1.165) is 27.7 Å². The Hall–Kier alpha value is -0.800. The highest BCUT2D eigenvalue weighted by Crippen LogP contribution is 2.27. The number of hydrogen-bond acceptors (Lipinski definition) is 2. The number of furan rings is 1. The zero-order valence-electron chi connectivity index (χ0n) is 8.25. The summed E-state index contributed by atoms with van der Waals surface area (Å²) in [7, 11) is 4.06. The molecule has 1 heterocycles. The third-order valence-electron chi connectivity index (χ3n) is 2.02. The summed E-state index contributed by atoms with van der Waals surface area (Å²) in [6, 6.07) is 8.15. The monoisotopic (exact) mass is 253 g/mol. The molecular weight excluding hydrogens is 242 g/mol. The lowest BCUT2D eigenvalue weighted by Gasteiger charge is -2.04. The van der Waals surface area contributed by atoms with Crippen LogP contribution in [-0.4, -0.2) is 19.0 Å². The average molecular weight is 254 g/mol. The molecule has 0 aliphatic heterocycles. The molecule has 0 atom stereocenters. The number of fused-ring (bicyclic) bond motifs is 1. The first kappa shape index (κ1) is 9.74. The molecule has 2 rings (SSSR count). The number of halogens is 1. The smallest absolute Gasteiger partial charge is 0.148 e. The molecule has 2 nitrogen and oxygen atoms in total. The zero-order chi connectivity index (χ0) is 10.1. The maximum atomic E-state index is 5.72. The molecule has 2 aromatic rings. The van der Waals surface area contributed by atoms with Gasteiger partial charge in [-0.3, -0.25) is 0 Å². The molecule has 0 radical (unpaired) electrons. The molecule has 74 valence electrons. The molecule has 1 aromatic carbocycles. The zero-order valence-corrected chi connectivity index (χ0v) is 9.84. The summed E-state index contributed by atoms with van der Waals surface area (Å²) >= 11 is 3.47. The molecule has 3 heteroatoms. The van der Waals surface area contributed by atoms with Crippen LogP contribution in [0.15, 0.2) is 33.2 Å². The Labute approximate surface area is 91.6 Å². The highest BCUT2D eigenvalue weighted by atomic mass is 79.9. The summed E-state index contributed by atoms with van der Waals surface area (Å²) in [5.74, 6) is 0.997. The Bertz CT molecular complexity index is 447. The molecule has 1 aromatic heterocycles. The highest BCUT2D eigenvalue weighted by molar-refractivity contribution is 9.10. The Balaban J connectivity index is 2.46. The third kappa shape index (κ3) is 1.83. The number of hydrogen-bond donors (Lipinski definition) is 0. The van der Waals surface area contributed by atoms with E-state index in [1.165, 1.54) is 0 Å². The van der Waals surface area contributed by atoms with Crippen molar-refractivity contribution in [2.45, 2.75) is 6.54 Å². The van der Waals surface area contributed by atoms with E-state index in [2.05, 4.69) is 33.0 Å². The second kappa shape index (κ2) is 3.75. The molecule has 0 aliphatic rings. The molecule has 0 saturated carbocycles. The van der Waals surface area contributed by atoms with Gasteiger partial charge in [0.2, 0.25) is 0 Å². The maximum absolute atomic E-state index is 5.72. The minimum atomic E-state index is 0.834. The van der Waals surface area contributed by atoms with Gasteiger partial charge in [-0.15, -0.1) is 0 Å². The standard InChI is InChI=1S/C11H12BrNO/c1-13(2)7-9-6-8-4-3-5-10(12)11(8)14-9/h3-6H,7H2,1-2H3. The van der Waals surface area contributed by atoms with Crippen molar-refractivity contribution >= 4 is 26.9 Å². The minimum Gasteiger partial charge on any atom is -0.459 e. The van der Waals surface area contributed by atoms with E-state index >= 15 is 0 Å².